The van der Waals surface area contributed by atoms with E-state index in [9.17, 15) is 9.90 Å². The summed E-state index contributed by atoms with van der Waals surface area (Å²) in [7, 11) is 1.91. The molecule has 0 saturated carbocycles. The summed E-state index contributed by atoms with van der Waals surface area (Å²) in [5.41, 5.74) is 4.42. The zero-order valence-electron chi connectivity index (χ0n) is 14.0. The van der Waals surface area contributed by atoms with Crippen LogP contribution in [-0.4, -0.2) is 17.1 Å². The number of hydrogen-bond donors (Lipinski definition) is 3. The van der Waals surface area contributed by atoms with Gasteiger partial charge in [-0.15, -0.1) is 11.3 Å². The smallest absolute Gasteiger partial charge is 0.266 e. The number of benzene rings is 2. The van der Waals surface area contributed by atoms with Crippen molar-refractivity contribution < 1.29 is 5.11 Å². The van der Waals surface area contributed by atoms with Gasteiger partial charge in [0.25, 0.3) is 5.56 Å². The Morgan fingerprint density at radius 1 is 1.20 bits per heavy atom. The van der Waals surface area contributed by atoms with E-state index in [2.05, 4.69) is 10.3 Å². The molecule has 2 aromatic heterocycles. The van der Waals surface area contributed by atoms with E-state index < -0.39 is 0 Å². The van der Waals surface area contributed by atoms with Crippen LogP contribution in [0.4, 0.5) is 0 Å². The normalized spacial score (nSPS) is 11.4. The van der Waals surface area contributed by atoms with Crippen molar-refractivity contribution in [2.45, 2.75) is 13.5 Å². The fourth-order valence-corrected chi connectivity index (χ4v) is 4.16. The zero-order valence-corrected chi connectivity index (χ0v) is 14.8. The van der Waals surface area contributed by atoms with E-state index in [-0.39, 0.29) is 11.3 Å². The third-order valence-corrected chi connectivity index (χ3v) is 5.42. The minimum atomic E-state index is -0.0818. The number of aromatic hydroxyl groups is 1. The van der Waals surface area contributed by atoms with Crippen molar-refractivity contribution in [2.75, 3.05) is 7.05 Å². The van der Waals surface area contributed by atoms with Gasteiger partial charge in [-0.25, -0.2) is 0 Å². The highest BCUT2D eigenvalue weighted by molar-refractivity contribution is 7.17. The van der Waals surface area contributed by atoms with Crippen LogP contribution in [-0.2, 0) is 6.54 Å². The van der Waals surface area contributed by atoms with Crippen molar-refractivity contribution in [1.82, 2.24) is 10.3 Å². The van der Waals surface area contributed by atoms with Crippen LogP contribution < -0.4 is 10.9 Å². The maximum atomic E-state index is 12.3. The Hall–Kier alpha value is -2.63. The van der Waals surface area contributed by atoms with Crippen molar-refractivity contribution >= 4 is 32.3 Å². The van der Waals surface area contributed by atoms with Crippen LogP contribution in [0.3, 0.4) is 0 Å². The number of aromatic amines is 1. The van der Waals surface area contributed by atoms with Gasteiger partial charge in [-0.05, 0) is 48.2 Å². The molecule has 0 aliphatic rings. The highest BCUT2D eigenvalue weighted by Gasteiger charge is 2.17. The lowest BCUT2D eigenvalue weighted by atomic mass is 9.94. The number of hydrogen-bond acceptors (Lipinski definition) is 4. The predicted octanol–water partition coefficient (Wildman–Crippen LogP) is 4.14. The van der Waals surface area contributed by atoms with Gasteiger partial charge >= 0.3 is 0 Å². The summed E-state index contributed by atoms with van der Waals surface area (Å²) in [6.07, 6.45) is 0. The molecule has 0 aliphatic heterocycles. The highest BCUT2D eigenvalue weighted by Crippen LogP contribution is 2.41. The molecular weight excluding hydrogens is 332 g/mol. The summed E-state index contributed by atoms with van der Waals surface area (Å²) in [5.74, 6) is 0.228. The van der Waals surface area contributed by atoms with E-state index >= 15 is 0 Å². The van der Waals surface area contributed by atoms with E-state index in [1.807, 2.05) is 49.7 Å². The molecule has 0 atom stereocenters. The molecule has 0 bridgehead atoms. The predicted molar refractivity (Wildman–Crippen MR) is 105 cm³/mol. The number of H-pyrrole nitrogens is 1. The molecule has 0 saturated heterocycles. The van der Waals surface area contributed by atoms with Crippen LogP contribution >= 0.6 is 11.3 Å². The quantitative estimate of drug-likeness (QED) is 0.520. The number of phenolic OH excluding ortho intramolecular Hbond substituents is 1. The zero-order chi connectivity index (χ0) is 17.6. The lowest BCUT2D eigenvalue weighted by Crippen LogP contribution is -2.06. The number of fused-ring (bicyclic) bond motifs is 3. The first kappa shape index (κ1) is 15.9. The lowest BCUT2D eigenvalue weighted by molar-refractivity contribution is 0.477. The molecule has 4 aromatic rings. The Kier molecular flexibility index (Phi) is 3.82. The second kappa shape index (κ2) is 6.02. The summed E-state index contributed by atoms with van der Waals surface area (Å²) in [5, 5.41) is 17.5. The molecule has 3 N–H and O–H groups in total. The van der Waals surface area contributed by atoms with Gasteiger partial charge in [0, 0.05) is 22.9 Å². The third-order valence-electron chi connectivity index (χ3n) is 4.51. The van der Waals surface area contributed by atoms with E-state index in [4.69, 9.17) is 0 Å². The molecule has 0 spiro atoms. The first-order chi connectivity index (χ1) is 12.1. The second-order valence-electron chi connectivity index (χ2n) is 6.18. The van der Waals surface area contributed by atoms with Crippen molar-refractivity contribution in [3.8, 4) is 16.9 Å². The van der Waals surface area contributed by atoms with Gasteiger partial charge in [0.2, 0.25) is 0 Å². The molecule has 0 amide bonds. The van der Waals surface area contributed by atoms with E-state index in [0.717, 1.165) is 39.5 Å². The molecule has 2 heterocycles. The largest absolute Gasteiger partial charge is 0.507 e. The Morgan fingerprint density at radius 2 is 1.96 bits per heavy atom. The minimum absolute atomic E-state index is 0.0818. The van der Waals surface area contributed by atoms with Crippen molar-refractivity contribution in [2.24, 2.45) is 0 Å². The van der Waals surface area contributed by atoms with Gasteiger partial charge in [-0.2, -0.15) is 0 Å². The van der Waals surface area contributed by atoms with Crippen LogP contribution in [0.15, 0.2) is 46.6 Å². The fraction of sp³-hybridized carbons (Fsp3) is 0.150. The lowest BCUT2D eigenvalue weighted by Gasteiger charge is -2.13. The van der Waals surface area contributed by atoms with Gasteiger partial charge in [-0.1, -0.05) is 24.3 Å². The Balaban J connectivity index is 2.09. The van der Waals surface area contributed by atoms with Crippen LogP contribution in [0.5, 0.6) is 5.75 Å². The molecule has 0 fully saturated rings. The standard InChI is InChI=1S/C20H18N2O2S/c1-11-9-15(23)16(13-5-3-12(4-6-13)10-21-2)17-14-7-8-25-19(14)20(24)22-18(11)17/h3-9,21,23H,10H2,1-2H3,(H,22,24). The van der Waals surface area contributed by atoms with Gasteiger partial charge in [0.1, 0.15) is 10.4 Å². The molecule has 4 rings (SSSR count). The van der Waals surface area contributed by atoms with Crippen molar-refractivity contribution in [3.63, 3.8) is 0 Å². The molecule has 0 unspecified atom stereocenters. The highest BCUT2D eigenvalue weighted by atomic mass is 32.1. The maximum Gasteiger partial charge on any atom is 0.266 e. The number of thiophene rings is 1. The van der Waals surface area contributed by atoms with E-state index in [0.29, 0.717) is 4.70 Å². The molecule has 2 aromatic carbocycles. The first-order valence-electron chi connectivity index (χ1n) is 8.10. The van der Waals surface area contributed by atoms with Crippen LogP contribution in [0.2, 0.25) is 0 Å². The average molecular weight is 350 g/mol. The number of nitrogens with one attached hydrogen (secondary N) is 2. The number of pyridine rings is 1. The molecule has 25 heavy (non-hydrogen) atoms. The third kappa shape index (κ3) is 2.52. The Labute approximate surface area is 148 Å². The summed E-state index contributed by atoms with van der Waals surface area (Å²) < 4.78 is 0.686. The second-order valence-corrected chi connectivity index (χ2v) is 7.10. The monoisotopic (exact) mass is 350 g/mol. The maximum absolute atomic E-state index is 12.3. The summed E-state index contributed by atoms with van der Waals surface area (Å²) in [6.45, 7) is 2.69. The van der Waals surface area contributed by atoms with Crippen molar-refractivity contribution in [3.05, 3.63) is 63.3 Å². The SMILES string of the molecule is CNCc1ccc(-c2c(O)cc(C)c3[nH]c(=O)c4sccc4c23)cc1. The number of aryl methyl sites for hydroxylation is 1. The summed E-state index contributed by atoms with van der Waals surface area (Å²) in [6, 6.07) is 11.8. The number of aromatic nitrogens is 1. The van der Waals surface area contributed by atoms with Gasteiger partial charge in [0.15, 0.2) is 0 Å². The molecule has 0 radical (unpaired) electrons. The van der Waals surface area contributed by atoms with Gasteiger partial charge in [-0.3, -0.25) is 4.79 Å². The van der Waals surface area contributed by atoms with Crippen LogP contribution in [0, 0.1) is 6.92 Å². The van der Waals surface area contributed by atoms with Gasteiger partial charge < -0.3 is 15.4 Å². The van der Waals surface area contributed by atoms with E-state index in [1.54, 1.807) is 6.07 Å². The molecule has 0 aliphatic carbocycles. The average Bonchev–Trinajstić information content (AvgIpc) is 3.08. The minimum Gasteiger partial charge on any atom is -0.507 e. The summed E-state index contributed by atoms with van der Waals surface area (Å²) in [4.78, 5) is 15.3. The molecular formula is C20H18N2O2S. The van der Waals surface area contributed by atoms with E-state index in [1.165, 1.54) is 16.9 Å². The van der Waals surface area contributed by atoms with Crippen molar-refractivity contribution in [1.29, 1.82) is 0 Å². The summed E-state index contributed by atoms with van der Waals surface area (Å²) >= 11 is 1.42. The topological polar surface area (TPSA) is 65.1 Å². The van der Waals surface area contributed by atoms with Crippen LogP contribution in [0.1, 0.15) is 11.1 Å². The Morgan fingerprint density at radius 3 is 2.68 bits per heavy atom. The fourth-order valence-electron chi connectivity index (χ4n) is 3.37. The van der Waals surface area contributed by atoms with Crippen LogP contribution in [0.25, 0.3) is 32.1 Å². The Bertz CT molecular complexity index is 1140. The first-order valence-corrected chi connectivity index (χ1v) is 8.98. The number of phenols is 1. The molecule has 126 valence electrons. The number of rotatable bonds is 3. The van der Waals surface area contributed by atoms with Gasteiger partial charge in [0.05, 0.1) is 5.52 Å². The molecule has 4 nitrogen and oxygen atoms in total. The molecule has 5 heteroatoms.